The molecule has 0 bridgehead atoms. The van der Waals surface area contributed by atoms with E-state index in [1.807, 2.05) is 46.8 Å². The Bertz CT molecular complexity index is 910. The van der Waals surface area contributed by atoms with Crippen molar-refractivity contribution >= 4 is 23.5 Å². The zero-order chi connectivity index (χ0) is 29.5. The molecule has 0 saturated carbocycles. The number of anilines is 1. The molecule has 5 nitrogen and oxygen atoms in total. The van der Waals surface area contributed by atoms with Crippen LogP contribution in [0, 0.1) is 11.8 Å². The number of carbonyl (C=O) groups is 2. The summed E-state index contributed by atoms with van der Waals surface area (Å²) in [6.45, 7) is 22.5. The van der Waals surface area contributed by atoms with Gasteiger partial charge in [-0.25, -0.2) is 0 Å². The van der Waals surface area contributed by atoms with Crippen molar-refractivity contribution in [2.75, 3.05) is 18.4 Å². The third-order valence-corrected chi connectivity index (χ3v) is 7.63. The minimum absolute atomic E-state index is 0.0526. The number of amides is 1. The number of likely N-dealkylation sites (tertiary alicyclic amines) is 1. The Balaban J connectivity index is 0.000000996. The molecule has 1 aromatic carbocycles. The summed E-state index contributed by atoms with van der Waals surface area (Å²) in [5, 5.41) is 3.15. The number of rotatable bonds is 8. The van der Waals surface area contributed by atoms with Gasteiger partial charge in [0.25, 0.3) is 0 Å². The number of nitrogens with zero attached hydrogens (tertiary/aromatic N) is 1. The number of piperidine rings is 1. The third-order valence-electron chi connectivity index (χ3n) is 7.63. The van der Waals surface area contributed by atoms with Crippen LogP contribution < -0.4 is 10.1 Å². The van der Waals surface area contributed by atoms with Crippen LogP contribution in [0.5, 0.6) is 5.75 Å². The van der Waals surface area contributed by atoms with Crippen LogP contribution in [0.2, 0.25) is 0 Å². The monoisotopic (exact) mass is 542 g/mol. The molecule has 0 aliphatic carbocycles. The first kappa shape index (κ1) is 34.9. The van der Waals surface area contributed by atoms with E-state index < -0.39 is 0 Å². The Kier molecular flexibility index (Phi) is 16.3. The van der Waals surface area contributed by atoms with Crippen LogP contribution in [0.25, 0.3) is 6.08 Å². The van der Waals surface area contributed by atoms with E-state index in [0.717, 1.165) is 67.8 Å². The highest BCUT2D eigenvalue weighted by Gasteiger charge is 2.37. The van der Waals surface area contributed by atoms with Gasteiger partial charge in [0.05, 0.1) is 17.6 Å². The second-order valence-electron chi connectivity index (χ2n) is 10.8. The van der Waals surface area contributed by atoms with Crippen molar-refractivity contribution in [2.45, 2.75) is 132 Å². The highest BCUT2D eigenvalue weighted by molar-refractivity contribution is 6.05. The van der Waals surface area contributed by atoms with Crippen molar-refractivity contribution in [1.29, 1.82) is 0 Å². The first-order valence-electron chi connectivity index (χ1n) is 15.9. The number of fused-ring (bicyclic) bond motifs is 3. The van der Waals surface area contributed by atoms with E-state index in [2.05, 4.69) is 50.1 Å². The lowest BCUT2D eigenvalue weighted by Crippen LogP contribution is -2.46. The molecule has 1 fully saturated rings. The molecular weight excluding hydrogens is 484 g/mol. The Morgan fingerprint density at radius 2 is 1.79 bits per heavy atom. The summed E-state index contributed by atoms with van der Waals surface area (Å²) in [7, 11) is 0. The lowest BCUT2D eigenvalue weighted by atomic mass is 9.79. The van der Waals surface area contributed by atoms with Crippen LogP contribution in [-0.2, 0) is 9.59 Å². The van der Waals surface area contributed by atoms with Gasteiger partial charge in [-0.15, -0.1) is 0 Å². The van der Waals surface area contributed by atoms with Gasteiger partial charge in [0.1, 0.15) is 17.6 Å². The van der Waals surface area contributed by atoms with E-state index in [9.17, 15) is 9.59 Å². The standard InChI is InChI=1S/C27H38N2O3.C3H8.2C2H6/c1-5-8-20(17(2)16-29-14-7-6-9-24(29)19(4)30)15-23-21-12-13-25-22(11-10-18(3)32-25)26(21)28-27(23)31;1-3-2;2*1-2/h10-13,17-18,20,23-24H,5-9,14-16H2,1-4H3,(H,28,31);3H2,1-2H3;2*1-2H3/t17-,18?,20?,23?,24?;;;/m1.../s1. The van der Waals surface area contributed by atoms with Crippen LogP contribution >= 0.6 is 0 Å². The average molecular weight is 543 g/mol. The summed E-state index contributed by atoms with van der Waals surface area (Å²) < 4.78 is 5.93. The second kappa shape index (κ2) is 18.3. The minimum atomic E-state index is -0.119. The molecule has 222 valence electrons. The number of carbonyl (C=O) groups excluding carboxylic acids is 2. The van der Waals surface area contributed by atoms with E-state index in [-0.39, 0.29) is 24.0 Å². The molecule has 4 rings (SSSR count). The number of ether oxygens (including phenoxy) is 1. The summed E-state index contributed by atoms with van der Waals surface area (Å²) in [6, 6.07) is 4.17. The summed E-state index contributed by atoms with van der Waals surface area (Å²) in [6.07, 6.45) is 11.8. The Morgan fingerprint density at radius 1 is 1.13 bits per heavy atom. The summed E-state index contributed by atoms with van der Waals surface area (Å²) in [4.78, 5) is 27.6. The van der Waals surface area contributed by atoms with Crippen LogP contribution in [0.3, 0.4) is 0 Å². The van der Waals surface area contributed by atoms with Crippen LogP contribution in [0.1, 0.15) is 131 Å². The molecule has 1 aromatic rings. The summed E-state index contributed by atoms with van der Waals surface area (Å²) in [5.74, 6) is 2.01. The largest absolute Gasteiger partial charge is 0.486 e. The van der Waals surface area contributed by atoms with E-state index >= 15 is 0 Å². The minimum Gasteiger partial charge on any atom is -0.486 e. The second-order valence-corrected chi connectivity index (χ2v) is 10.8. The van der Waals surface area contributed by atoms with Gasteiger partial charge < -0.3 is 10.1 Å². The van der Waals surface area contributed by atoms with Gasteiger partial charge in [-0.05, 0) is 75.3 Å². The number of benzene rings is 1. The fourth-order valence-corrected chi connectivity index (χ4v) is 5.87. The van der Waals surface area contributed by atoms with Gasteiger partial charge in [-0.2, -0.15) is 0 Å². The SMILES string of the molecule is CC.CC.CCC.CCCC(CC1C(=O)Nc2c1ccc1c2C=CC(C)O1)[C@H](C)CN1CCCCC1C(C)=O. The molecule has 0 radical (unpaired) electrons. The lowest BCUT2D eigenvalue weighted by Gasteiger charge is -2.38. The highest BCUT2D eigenvalue weighted by Crippen LogP contribution is 2.45. The molecule has 1 N–H and O–H groups in total. The summed E-state index contributed by atoms with van der Waals surface area (Å²) >= 11 is 0. The van der Waals surface area contributed by atoms with Gasteiger partial charge in [0.15, 0.2) is 0 Å². The van der Waals surface area contributed by atoms with Crippen LogP contribution in [-0.4, -0.2) is 41.8 Å². The maximum atomic E-state index is 13.0. The predicted octanol–water partition coefficient (Wildman–Crippen LogP) is 8.87. The summed E-state index contributed by atoms with van der Waals surface area (Å²) in [5.41, 5.74) is 3.02. The van der Waals surface area contributed by atoms with Crippen molar-refractivity contribution in [3.8, 4) is 5.75 Å². The van der Waals surface area contributed by atoms with Gasteiger partial charge in [0, 0.05) is 12.1 Å². The number of nitrogens with one attached hydrogen (secondary N) is 1. The van der Waals surface area contributed by atoms with Gasteiger partial charge in [-0.3, -0.25) is 14.5 Å². The highest BCUT2D eigenvalue weighted by atomic mass is 16.5. The Morgan fingerprint density at radius 3 is 2.41 bits per heavy atom. The predicted molar refractivity (Wildman–Crippen MR) is 168 cm³/mol. The van der Waals surface area contributed by atoms with E-state index in [4.69, 9.17) is 4.74 Å². The molecule has 4 unspecified atom stereocenters. The van der Waals surface area contributed by atoms with Gasteiger partial charge >= 0.3 is 0 Å². The molecular formula is C34H58N2O3. The van der Waals surface area contributed by atoms with Crippen molar-refractivity contribution in [1.82, 2.24) is 4.90 Å². The number of Topliss-reactive ketones (excluding diaryl/α,β-unsaturated/α-hetero) is 1. The molecule has 1 amide bonds. The average Bonchev–Trinajstić information content (AvgIpc) is 3.26. The molecule has 5 atom stereocenters. The van der Waals surface area contributed by atoms with E-state index in [1.54, 1.807) is 6.92 Å². The van der Waals surface area contributed by atoms with Crippen molar-refractivity contribution in [3.05, 3.63) is 29.3 Å². The quantitative estimate of drug-likeness (QED) is 0.356. The number of hydrogen-bond donors (Lipinski definition) is 1. The van der Waals surface area contributed by atoms with Gasteiger partial charge in [-0.1, -0.05) is 87.1 Å². The molecule has 3 heterocycles. The Labute approximate surface area is 240 Å². The lowest BCUT2D eigenvalue weighted by molar-refractivity contribution is -0.123. The Hall–Kier alpha value is -2.14. The fourth-order valence-electron chi connectivity index (χ4n) is 5.87. The van der Waals surface area contributed by atoms with Crippen LogP contribution in [0.15, 0.2) is 18.2 Å². The zero-order valence-electron chi connectivity index (χ0n) is 26.7. The van der Waals surface area contributed by atoms with Gasteiger partial charge in [0.2, 0.25) is 5.91 Å². The zero-order valence-corrected chi connectivity index (χ0v) is 26.7. The molecule has 1 saturated heterocycles. The first-order valence-corrected chi connectivity index (χ1v) is 15.9. The number of ketones is 1. The maximum Gasteiger partial charge on any atom is 0.232 e. The molecule has 0 aromatic heterocycles. The maximum absolute atomic E-state index is 13.0. The topological polar surface area (TPSA) is 58.6 Å². The van der Waals surface area contributed by atoms with Crippen molar-refractivity contribution < 1.29 is 14.3 Å². The first-order chi connectivity index (χ1) is 18.8. The molecule has 5 heteroatoms. The smallest absolute Gasteiger partial charge is 0.232 e. The van der Waals surface area contributed by atoms with E-state index in [0.29, 0.717) is 17.6 Å². The number of hydrogen-bond acceptors (Lipinski definition) is 4. The third kappa shape index (κ3) is 9.48. The van der Waals surface area contributed by atoms with Crippen LogP contribution in [0.4, 0.5) is 5.69 Å². The molecule has 3 aliphatic heterocycles. The molecule has 3 aliphatic rings. The molecule has 0 spiro atoms. The normalized spacial score (nSPS) is 22.6. The van der Waals surface area contributed by atoms with E-state index in [1.165, 1.54) is 12.8 Å². The molecule has 39 heavy (non-hydrogen) atoms. The van der Waals surface area contributed by atoms with Crippen molar-refractivity contribution in [2.24, 2.45) is 11.8 Å². The fraction of sp³-hybridized carbons (Fsp3) is 0.706. The van der Waals surface area contributed by atoms with Crippen molar-refractivity contribution in [3.63, 3.8) is 0 Å².